The highest BCUT2D eigenvalue weighted by Gasteiger charge is 2.00. The van der Waals surface area contributed by atoms with Crippen molar-refractivity contribution >= 4 is 11.2 Å². The number of nitrogens with zero attached hydrogens (tertiary/aromatic N) is 3. The van der Waals surface area contributed by atoms with Crippen molar-refractivity contribution in [3.8, 4) is 0 Å². The lowest BCUT2D eigenvalue weighted by Gasteiger charge is -1.86. The van der Waals surface area contributed by atoms with Crippen LogP contribution in [-0.4, -0.2) is 26.5 Å². The van der Waals surface area contributed by atoms with Gasteiger partial charge in [0.15, 0.2) is 5.65 Å². The van der Waals surface area contributed by atoms with Crippen LogP contribution in [0.2, 0.25) is 0 Å². The molecule has 12 heavy (non-hydrogen) atoms. The van der Waals surface area contributed by atoms with E-state index < -0.39 is 0 Å². The number of nitrogens with two attached hydrogens (primary N) is 1. The molecular weight excluding hydrogens is 154 g/mol. The van der Waals surface area contributed by atoms with Crippen LogP contribution < -0.4 is 5.73 Å². The van der Waals surface area contributed by atoms with Gasteiger partial charge in [-0.2, -0.15) is 0 Å². The van der Waals surface area contributed by atoms with E-state index in [2.05, 4.69) is 19.9 Å². The number of rotatable bonds is 2. The molecule has 0 bridgehead atoms. The summed E-state index contributed by atoms with van der Waals surface area (Å²) >= 11 is 0. The van der Waals surface area contributed by atoms with Crippen molar-refractivity contribution < 1.29 is 0 Å². The van der Waals surface area contributed by atoms with Crippen molar-refractivity contribution in [2.75, 3.05) is 6.54 Å². The molecule has 3 N–H and O–H groups in total. The molecule has 0 atom stereocenters. The van der Waals surface area contributed by atoms with Gasteiger partial charge in [-0.05, 0) is 6.54 Å². The number of fused-ring (bicyclic) bond motifs is 1. The third-order valence-electron chi connectivity index (χ3n) is 1.59. The number of aromatic amines is 1. The molecule has 0 saturated heterocycles. The van der Waals surface area contributed by atoms with Crippen molar-refractivity contribution in [2.24, 2.45) is 5.73 Å². The number of hydrogen-bond donors (Lipinski definition) is 2. The molecule has 0 unspecified atom stereocenters. The fourth-order valence-corrected chi connectivity index (χ4v) is 1.07. The quantitative estimate of drug-likeness (QED) is 0.645. The van der Waals surface area contributed by atoms with E-state index in [1.807, 2.05) is 0 Å². The highest BCUT2D eigenvalue weighted by molar-refractivity contribution is 5.68. The molecule has 2 heterocycles. The fourth-order valence-electron chi connectivity index (χ4n) is 1.07. The average molecular weight is 163 g/mol. The van der Waals surface area contributed by atoms with E-state index in [0.717, 1.165) is 17.8 Å². The maximum Gasteiger partial charge on any atom is 0.180 e. The van der Waals surface area contributed by atoms with Crippen LogP contribution >= 0.6 is 0 Å². The van der Waals surface area contributed by atoms with E-state index in [0.29, 0.717) is 12.2 Å². The Bertz CT molecular complexity index is 347. The predicted molar refractivity (Wildman–Crippen MR) is 44.4 cm³/mol. The number of aromatic nitrogens is 4. The fraction of sp³-hybridized carbons (Fsp3) is 0.286. The van der Waals surface area contributed by atoms with Gasteiger partial charge in [-0.25, -0.2) is 15.0 Å². The highest BCUT2D eigenvalue weighted by Crippen LogP contribution is 2.05. The van der Waals surface area contributed by atoms with E-state index in [1.165, 1.54) is 6.33 Å². The Balaban J connectivity index is 2.47. The van der Waals surface area contributed by atoms with Gasteiger partial charge in [-0.15, -0.1) is 0 Å². The monoisotopic (exact) mass is 163 g/mol. The molecular formula is C7H9N5. The van der Waals surface area contributed by atoms with Gasteiger partial charge in [0.25, 0.3) is 0 Å². The van der Waals surface area contributed by atoms with Gasteiger partial charge in [0.2, 0.25) is 0 Å². The largest absolute Gasteiger partial charge is 0.339 e. The van der Waals surface area contributed by atoms with Crippen LogP contribution in [0, 0.1) is 0 Å². The lowest BCUT2D eigenvalue weighted by atomic mass is 10.4. The number of nitrogens with one attached hydrogen (secondary N) is 1. The standard InChI is InChI=1S/C7H9N5/c8-2-1-6-11-5-3-9-4-10-7(5)12-6/h3-4H,1-2,8H2,(H,9,10,11,12). The predicted octanol–water partition coefficient (Wildman–Crippen LogP) is -0.146. The second-order valence-electron chi connectivity index (χ2n) is 2.48. The van der Waals surface area contributed by atoms with Crippen LogP contribution in [-0.2, 0) is 6.42 Å². The molecule has 0 radical (unpaired) electrons. The third kappa shape index (κ3) is 1.14. The first-order chi connectivity index (χ1) is 5.90. The Morgan fingerprint density at radius 2 is 2.42 bits per heavy atom. The molecule has 2 rings (SSSR count). The van der Waals surface area contributed by atoms with Crippen LogP contribution in [0.4, 0.5) is 0 Å². The van der Waals surface area contributed by atoms with Gasteiger partial charge in [0.05, 0.1) is 6.20 Å². The average Bonchev–Trinajstić information content (AvgIpc) is 2.47. The molecule has 62 valence electrons. The van der Waals surface area contributed by atoms with Gasteiger partial charge in [-0.1, -0.05) is 0 Å². The van der Waals surface area contributed by atoms with E-state index in [4.69, 9.17) is 5.73 Å². The summed E-state index contributed by atoms with van der Waals surface area (Å²) in [6, 6.07) is 0. The summed E-state index contributed by atoms with van der Waals surface area (Å²) in [5, 5.41) is 0. The smallest absolute Gasteiger partial charge is 0.180 e. The Morgan fingerprint density at radius 1 is 1.50 bits per heavy atom. The van der Waals surface area contributed by atoms with E-state index in [1.54, 1.807) is 6.20 Å². The molecule has 2 aromatic rings. The Kier molecular flexibility index (Phi) is 1.71. The zero-order valence-corrected chi connectivity index (χ0v) is 6.49. The molecule has 5 nitrogen and oxygen atoms in total. The summed E-state index contributed by atoms with van der Waals surface area (Å²) < 4.78 is 0. The molecule has 0 amide bonds. The van der Waals surface area contributed by atoms with Crippen LogP contribution in [0.25, 0.3) is 11.2 Å². The summed E-state index contributed by atoms with van der Waals surface area (Å²) in [5.74, 6) is 0.869. The second-order valence-corrected chi connectivity index (χ2v) is 2.48. The second kappa shape index (κ2) is 2.86. The van der Waals surface area contributed by atoms with Crippen molar-refractivity contribution in [1.82, 2.24) is 19.9 Å². The lowest BCUT2D eigenvalue weighted by molar-refractivity contribution is 0.899. The Morgan fingerprint density at radius 3 is 3.17 bits per heavy atom. The van der Waals surface area contributed by atoms with Crippen molar-refractivity contribution in [1.29, 1.82) is 0 Å². The van der Waals surface area contributed by atoms with Crippen molar-refractivity contribution in [3.63, 3.8) is 0 Å². The highest BCUT2D eigenvalue weighted by atomic mass is 15.0. The molecule has 0 fully saturated rings. The van der Waals surface area contributed by atoms with E-state index in [-0.39, 0.29) is 0 Å². The number of imidazole rings is 1. The van der Waals surface area contributed by atoms with Gasteiger partial charge < -0.3 is 10.7 Å². The van der Waals surface area contributed by atoms with Gasteiger partial charge in [0.1, 0.15) is 17.7 Å². The molecule has 0 spiro atoms. The molecule has 2 aromatic heterocycles. The minimum atomic E-state index is 0.591. The molecule has 5 heteroatoms. The Labute approximate surface area is 69.1 Å². The molecule has 0 aliphatic heterocycles. The normalized spacial score (nSPS) is 10.8. The van der Waals surface area contributed by atoms with Crippen LogP contribution in [0.15, 0.2) is 12.5 Å². The molecule has 0 saturated carbocycles. The topological polar surface area (TPSA) is 80.5 Å². The molecule has 0 aromatic carbocycles. The van der Waals surface area contributed by atoms with Crippen LogP contribution in [0.1, 0.15) is 5.82 Å². The lowest BCUT2D eigenvalue weighted by Crippen LogP contribution is -2.03. The van der Waals surface area contributed by atoms with Crippen molar-refractivity contribution in [2.45, 2.75) is 6.42 Å². The summed E-state index contributed by atoms with van der Waals surface area (Å²) in [6.07, 6.45) is 3.93. The van der Waals surface area contributed by atoms with Gasteiger partial charge >= 0.3 is 0 Å². The maximum atomic E-state index is 5.39. The summed E-state index contributed by atoms with van der Waals surface area (Å²) in [7, 11) is 0. The number of H-pyrrole nitrogens is 1. The zero-order valence-electron chi connectivity index (χ0n) is 6.49. The minimum absolute atomic E-state index is 0.591. The van der Waals surface area contributed by atoms with Gasteiger partial charge in [-0.3, -0.25) is 0 Å². The summed E-state index contributed by atoms with van der Waals surface area (Å²) in [4.78, 5) is 15.2. The van der Waals surface area contributed by atoms with E-state index >= 15 is 0 Å². The van der Waals surface area contributed by atoms with Gasteiger partial charge in [0, 0.05) is 6.42 Å². The first-order valence-corrected chi connectivity index (χ1v) is 3.75. The zero-order chi connectivity index (χ0) is 8.39. The molecule has 0 aliphatic rings. The van der Waals surface area contributed by atoms with E-state index in [9.17, 15) is 0 Å². The minimum Gasteiger partial charge on any atom is -0.339 e. The molecule has 0 aliphatic carbocycles. The van der Waals surface area contributed by atoms with Crippen LogP contribution in [0.5, 0.6) is 0 Å². The first-order valence-electron chi connectivity index (χ1n) is 3.75. The third-order valence-corrected chi connectivity index (χ3v) is 1.59. The Hall–Kier alpha value is -1.49. The summed E-state index contributed by atoms with van der Waals surface area (Å²) in [6.45, 7) is 0.591. The maximum absolute atomic E-state index is 5.39. The SMILES string of the molecule is NCCc1nc2ncncc2[nH]1. The van der Waals surface area contributed by atoms with Crippen molar-refractivity contribution in [3.05, 3.63) is 18.3 Å². The van der Waals surface area contributed by atoms with Crippen LogP contribution in [0.3, 0.4) is 0 Å². The first kappa shape index (κ1) is 7.17. The summed E-state index contributed by atoms with van der Waals surface area (Å²) in [5.41, 5.74) is 6.95. The number of hydrogen-bond acceptors (Lipinski definition) is 4.